The summed E-state index contributed by atoms with van der Waals surface area (Å²) in [7, 11) is 0. The van der Waals surface area contributed by atoms with Crippen molar-refractivity contribution >= 4 is 11.3 Å². The molecule has 20 heavy (non-hydrogen) atoms. The molecule has 0 spiro atoms. The first-order valence-corrected chi connectivity index (χ1v) is 6.85. The Morgan fingerprint density at radius 3 is 2.95 bits per heavy atom. The molecule has 0 unspecified atom stereocenters. The quantitative estimate of drug-likeness (QED) is 0.729. The number of para-hydroxylation sites is 1. The maximum Gasteiger partial charge on any atom is 0.162 e. The molecule has 0 atom stereocenters. The Balaban J connectivity index is 1.72. The number of nitrogens with zero attached hydrogens (tertiary/aromatic N) is 2. The van der Waals surface area contributed by atoms with E-state index in [1.165, 1.54) is 11.3 Å². The predicted octanol–water partition coefficient (Wildman–Crippen LogP) is 3.85. The fourth-order valence-electron chi connectivity index (χ4n) is 1.72. The highest BCUT2D eigenvalue weighted by Crippen LogP contribution is 2.25. The average molecular weight is 282 g/mol. The van der Waals surface area contributed by atoms with E-state index in [1.54, 1.807) is 18.4 Å². The van der Waals surface area contributed by atoms with Crippen molar-refractivity contribution in [2.24, 2.45) is 0 Å². The summed E-state index contributed by atoms with van der Waals surface area (Å²) in [6.07, 6.45) is 1.62. The summed E-state index contributed by atoms with van der Waals surface area (Å²) >= 11 is 1.50. The number of thiazole rings is 1. The van der Waals surface area contributed by atoms with E-state index in [-0.39, 0.29) is 0 Å². The van der Waals surface area contributed by atoms with E-state index in [1.807, 2.05) is 29.6 Å². The first-order valence-electron chi connectivity index (χ1n) is 5.97. The van der Waals surface area contributed by atoms with Crippen molar-refractivity contribution in [2.45, 2.75) is 6.61 Å². The third-order valence-corrected chi connectivity index (χ3v) is 3.57. The summed E-state index contributed by atoms with van der Waals surface area (Å²) in [5, 5.41) is 11.7. The van der Waals surface area contributed by atoms with Crippen molar-refractivity contribution in [3.05, 3.63) is 59.3 Å². The Bertz CT molecular complexity index is 741. The van der Waals surface area contributed by atoms with E-state index >= 15 is 0 Å². The Kier molecular flexibility index (Phi) is 3.48. The number of hydrogen-bond acceptors (Lipinski definition) is 5. The topological polar surface area (TPSA) is 59.0 Å². The molecule has 0 saturated heterocycles. The normalized spacial score (nSPS) is 10.2. The van der Waals surface area contributed by atoms with Gasteiger partial charge in [-0.2, -0.15) is 5.26 Å². The van der Waals surface area contributed by atoms with Gasteiger partial charge in [-0.3, -0.25) is 0 Å². The highest BCUT2D eigenvalue weighted by Gasteiger charge is 2.08. The molecule has 2 aromatic heterocycles. The Hall–Kier alpha value is -2.58. The summed E-state index contributed by atoms with van der Waals surface area (Å²) in [6.45, 7) is 0.329. The van der Waals surface area contributed by atoms with E-state index in [0.29, 0.717) is 17.9 Å². The minimum Gasteiger partial charge on any atom is -0.486 e. The Morgan fingerprint density at radius 1 is 1.25 bits per heavy atom. The molecule has 3 aromatic rings. The van der Waals surface area contributed by atoms with Gasteiger partial charge in [-0.15, -0.1) is 11.3 Å². The van der Waals surface area contributed by atoms with E-state index in [4.69, 9.17) is 14.4 Å². The third kappa shape index (κ3) is 2.56. The molecule has 0 aliphatic rings. The standard InChI is InChI=1S/C15H10N2O2S/c16-8-11-4-1-2-5-13(11)19-9-12-10-20-15(17-12)14-6-3-7-18-14/h1-7,10H,9H2. The monoisotopic (exact) mass is 282 g/mol. The van der Waals surface area contributed by atoms with Crippen LogP contribution in [0.3, 0.4) is 0 Å². The van der Waals surface area contributed by atoms with Crippen LogP contribution >= 0.6 is 11.3 Å². The fraction of sp³-hybridized carbons (Fsp3) is 0.0667. The average Bonchev–Trinajstić information content (AvgIpc) is 3.16. The summed E-state index contributed by atoms with van der Waals surface area (Å²) in [5.74, 6) is 1.32. The van der Waals surface area contributed by atoms with Crippen molar-refractivity contribution in [3.63, 3.8) is 0 Å². The molecular formula is C15H10N2O2S. The lowest BCUT2D eigenvalue weighted by Gasteiger charge is -2.05. The van der Waals surface area contributed by atoms with Crippen molar-refractivity contribution in [3.8, 4) is 22.6 Å². The molecule has 5 heteroatoms. The molecule has 0 bridgehead atoms. The fourth-order valence-corrected chi connectivity index (χ4v) is 2.49. The summed E-state index contributed by atoms with van der Waals surface area (Å²) in [5.41, 5.74) is 1.34. The molecule has 0 fully saturated rings. The number of ether oxygens (including phenoxy) is 1. The van der Waals surface area contributed by atoms with Gasteiger partial charge >= 0.3 is 0 Å². The van der Waals surface area contributed by atoms with Gasteiger partial charge in [-0.25, -0.2) is 4.98 Å². The van der Waals surface area contributed by atoms with Gasteiger partial charge in [0.25, 0.3) is 0 Å². The van der Waals surface area contributed by atoms with Crippen molar-refractivity contribution in [1.29, 1.82) is 5.26 Å². The molecule has 0 amide bonds. The van der Waals surface area contributed by atoms with E-state index in [9.17, 15) is 0 Å². The Morgan fingerprint density at radius 2 is 2.15 bits per heavy atom. The highest BCUT2D eigenvalue weighted by molar-refractivity contribution is 7.13. The number of rotatable bonds is 4. The molecule has 0 aliphatic heterocycles. The van der Waals surface area contributed by atoms with Crippen LogP contribution < -0.4 is 4.74 Å². The van der Waals surface area contributed by atoms with Crippen molar-refractivity contribution in [1.82, 2.24) is 4.98 Å². The third-order valence-electron chi connectivity index (χ3n) is 2.67. The SMILES string of the molecule is N#Cc1ccccc1OCc1csc(-c2ccco2)n1. The van der Waals surface area contributed by atoms with Crippen LogP contribution in [-0.2, 0) is 6.61 Å². The van der Waals surface area contributed by atoms with Gasteiger partial charge < -0.3 is 9.15 Å². The molecule has 3 rings (SSSR count). The van der Waals surface area contributed by atoms with E-state index in [0.717, 1.165) is 16.5 Å². The van der Waals surface area contributed by atoms with Crippen LogP contribution in [0.25, 0.3) is 10.8 Å². The number of furan rings is 1. The largest absolute Gasteiger partial charge is 0.486 e. The second kappa shape index (κ2) is 5.59. The van der Waals surface area contributed by atoms with Gasteiger partial charge in [0.05, 0.1) is 17.5 Å². The molecule has 0 radical (unpaired) electrons. The molecule has 2 heterocycles. The van der Waals surface area contributed by atoms with Crippen LogP contribution in [0.5, 0.6) is 5.75 Å². The number of nitriles is 1. The second-order valence-corrected chi connectivity index (χ2v) is 4.88. The molecule has 1 aromatic carbocycles. The molecule has 0 saturated carbocycles. The van der Waals surface area contributed by atoms with Gasteiger partial charge in [-0.1, -0.05) is 12.1 Å². The number of aromatic nitrogens is 1. The van der Waals surface area contributed by atoms with Gasteiger partial charge in [0, 0.05) is 5.38 Å². The molecule has 98 valence electrons. The highest BCUT2D eigenvalue weighted by atomic mass is 32.1. The smallest absolute Gasteiger partial charge is 0.162 e. The zero-order valence-electron chi connectivity index (χ0n) is 10.4. The van der Waals surface area contributed by atoms with Crippen LogP contribution in [0.4, 0.5) is 0 Å². The van der Waals surface area contributed by atoms with Gasteiger partial charge in [0.1, 0.15) is 18.4 Å². The molecule has 4 nitrogen and oxygen atoms in total. The van der Waals surface area contributed by atoms with Gasteiger partial charge in [-0.05, 0) is 24.3 Å². The predicted molar refractivity (Wildman–Crippen MR) is 75.3 cm³/mol. The molecule has 0 aliphatic carbocycles. The minimum absolute atomic E-state index is 0.329. The Labute approximate surface area is 119 Å². The van der Waals surface area contributed by atoms with Gasteiger partial charge in [0.2, 0.25) is 0 Å². The molecule has 0 N–H and O–H groups in total. The van der Waals surface area contributed by atoms with Gasteiger partial charge in [0.15, 0.2) is 10.8 Å². The summed E-state index contributed by atoms with van der Waals surface area (Å²) in [4.78, 5) is 4.44. The lowest BCUT2D eigenvalue weighted by atomic mass is 10.2. The zero-order chi connectivity index (χ0) is 13.8. The van der Waals surface area contributed by atoms with E-state index in [2.05, 4.69) is 11.1 Å². The molecular weight excluding hydrogens is 272 g/mol. The summed E-state index contributed by atoms with van der Waals surface area (Å²) in [6, 6.07) is 13.0. The lowest BCUT2D eigenvalue weighted by molar-refractivity contribution is 0.301. The van der Waals surface area contributed by atoms with Crippen molar-refractivity contribution in [2.75, 3.05) is 0 Å². The van der Waals surface area contributed by atoms with Crippen LogP contribution in [-0.4, -0.2) is 4.98 Å². The van der Waals surface area contributed by atoms with Crippen LogP contribution in [0.1, 0.15) is 11.3 Å². The first-order chi connectivity index (χ1) is 9.86. The number of benzene rings is 1. The maximum absolute atomic E-state index is 8.99. The van der Waals surface area contributed by atoms with Crippen molar-refractivity contribution < 1.29 is 9.15 Å². The summed E-state index contributed by atoms with van der Waals surface area (Å²) < 4.78 is 10.9. The first kappa shape index (κ1) is 12.5. The van der Waals surface area contributed by atoms with Crippen LogP contribution in [0.2, 0.25) is 0 Å². The van der Waals surface area contributed by atoms with Crippen LogP contribution in [0, 0.1) is 11.3 Å². The lowest BCUT2D eigenvalue weighted by Crippen LogP contribution is -1.97. The second-order valence-electron chi connectivity index (χ2n) is 4.02. The maximum atomic E-state index is 8.99. The zero-order valence-corrected chi connectivity index (χ0v) is 11.3. The van der Waals surface area contributed by atoms with Crippen LogP contribution in [0.15, 0.2) is 52.5 Å². The van der Waals surface area contributed by atoms with E-state index < -0.39 is 0 Å². The number of hydrogen-bond donors (Lipinski definition) is 0. The minimum atomic E-state index is 0.329.